The quantitative estimate of drug-likeness (QED) is 0.744. The summed E-state index contributed by atoms with van der Waals surface area (Å²) >= 11 is 0. The normalized spacial score (nSPS) is 13.8. The number of rotatable bonds is 5. The minimum Gasteiger partial charge on any atom is -0.382 e. The van der Waals surface area contributed by atoms with Crippen molar-refractivity contribution in [3.05, 3.63) is 23.8 Å². The van der Waals surface area contributed by atoms with Crippen LogP contribution >= 0.6 is 0 Å². The summed E-state index contributed by atoms with van der Waals surface area (Å²) in [5.41, 5.74) is 2.39. The SMILES string of the molecule is CCS(=O)(=O)CCNC(=O)c1ccc2c(c1)NCCN2. The highest BCUT2D eigenvalue weighted by molar-refractivity contribution is 7.91. The molecule has 3 N–H and O–H groups in total. The topological polar surface area (TPSA) is 87.3 Å². The lowest BCUT2D eigenvalue weighted by Gasteiger charge is -2.20. The Morgan fingerprint density at radius 3 is 2.65 bits per heavy atom. The molecule has 0 aromatic heterocycles. The van der Waals surface area contributed by atoms with Crippen LogP contribution in [0.5, 0.6) is 0 Å². The van der Waals surface area contributed by atoms with Crippen molar-refractivity contribution in [1.82, 2.24) is 5.32 Å². The highest BCUT2D eigenvalue weighted by atomic mass is 32.2. The Morgan fingerprint density at radius 2 is 1.95 bits per heavy atom. The van der Waals surface area contributed by atoms with Crippen LogP contribution in [0.4, 0.5) is 11.4 Å². The van der Waals surface area contributed by atoms with Gasteiger partial charge in [-0.1, -0.05) is 6.92 Å². The van der Waals surface area contributed by atoms with Crippen LogP contribution in [-0.4, -0.2) is 45.5 Å². The van der Waals surface area contributed by atoms with Gasteiger partial charge >= 0.3 is 0 Å². The molecule has 1 aliphatic heterocycles. The highest BCUT2D eigenvalue weighted by Crippen LogP contribution is 2.25. The average molecular weight is 297 g/mol. The fourth-order valence-corrected chi connectivity index (χ4v) is 2.65. The minimum atomic E-state index is -3.05. The van der Waals surface area contributed by atoms with Crippen molar-refractivity contribution < 1.29 is 13.2 Å². The highest BCUT2D eigenvalue weighted by Gasteiger charge is 2.13. The number of hydrogen-bond acceptors (Lipinski definition) is 5. The van der Waals surface area contributed by atoms with Crippen molar-refractivity contribution in [3.8, 4) is 0 Å². The van der Waals surface area contributed by atoms with E-state index >= 15 is 0 Å². The zero-order valence-electron chi connectivity index (χ0n) is 11.4. The Kier molecular flexibility index (Phi) is 4.49. The monoisotopic (exact) mass is 297 g/mol. The molecule has 0 unspecified atom stereocenters. The lowest BCUT2D eigenvalue weighted by atomic mass is 10.1. The second-order valence-electron chi connectivity index (χ2n) is 4.61. The Labute approximate surface area is 118 Å². The summed E-state index contributed by atoms with van der Waals surface area (Å²) in [7, 11) is -3.05. The number of fused-ring (bicyclic) bond motifs is 1. The van der Waals surface area contributed by atoms with Crippen molar-refractivity contribution in [2.45, 2.75) is 6.92 Å². The molecule has 1 amide bonds. The summed E-state index contributed by atoms with van der Waals surface area (Å²) in [4.78, 5) is 12.0. The van der Waals surface area contributed by atoms with Gasteiger partial charge in [0.2, 0.25) is 0 Å². The molecule has 0 spiro atoms. The zero-order chi connectivity index (χ0) is 14.6. The van der Waals surface area contributed by atoms with Crippen LogP contribution in [0.25, 0.3) is 0 Å². The molecule has 110 valence electrons. The van der Waals surface area contributed by atoms with Crippen LogP contribution in [0.1, 0.15) is 17.3 Å². The van der Waals surface area contributed by atoms with Crippen molar-refractivity contribution >= 4 is 27.1 Å². The molecule has 0 fully saturated rings. The van der Waals surface area contributed by atoms with E-state index in [4.69, 9.17) is 0 Å². The number of hydrogen-bond donors (Lipinski definition) is 3. The molecule has 1 aromatic rings. The van der Waals surface area contributed by atoms with Gasteiger partial charge in [-0.05, 0) is 18.2 Å². The average Bonchev–Trinajstić information content (AvgIpc) is 2.46. The van der Waals surface area contributed by atoms with Crippen LogP contribution in [0.15, 0.2) is 18.2 Å². The summed E-state index contributed by atoms with van der Waals surface area (Å²) in [6.07, 6.45) is 0. The molecule has 0 saturated heterocycles. The Balaban J connectivity index is 1.96. The van der Waals surface area contributed by atoms with Crippen LogP contribution in [0, 0.1) is 0 Å². The number of amides is 1. The summed E-state index contributed by atoms with van der Waals surface area (Å²) in [6.45, 7) is 3.40. The summed E-state index contributed by atoms with van der Waals surface area (Å²) < 4.78 is 22.7. The molecular weight excluding hydrogens is 278 g/mol. The van der Waals surface area contributed by atoms with Crippen molar-refractivity contribution in [2.24, 2.45) is 0 Å². The molecule has 1 aromatic carbocycles. The smallest absolute Gasteiger partial charge is 0.251 e. The number of anilines is 2. The van der Waals surface area contributed by atoms with Crippen LogP contribution in [-0.2, 0) is 9.84 Å². The van der Waals surface area contributed by atoms with Gasteiger partial charge in [0.15, 0.2) is 9.84 Å². The molecule has 1 heterocycles. The molecule has 7 heteroatoms. The molecule has 20 heavy (non-hydrogen) atoms. The fourth-order valence-electron chi connectivity index (χ4n) is 1.95. The molecule has 0 saturated carbocycles. The van der Waals surface area contributed by atoms with E-state index in [1.54, 1.807) is 19.1 Å². The Morgan fingerprint density at radius 1 is 1.25 bits per heavy atom. The number of nitrogens with one attached hydrogen (secondary N) is 3. The first kappa shape index (κ1) is 14.6. The van der Waals surface area contributed by atoms with Gasteiger partial charge in [0.25, 0.3) is 5.91 Å². The molecule has 0 atom stereocenters. The first-order valence-electron chi connectivity index (χ1n) is 6.62. The van der Waals surface area contributed by atoms with E-state index in [0.717, 1.165) is 24.5 Å². The molecule has 0 bridgehead atoms. The second-order valence-corrected chi connectivity index (χ2v) is 7.08. The van der Waals surface area contributed by atoms with Gasteiger partial charge < -0.3 is 16.0 Å². The van der Waals surface area contributed by atoms with Gasteiger partial charge in [-0.3, -0.25) is 4.79 Å². The molecule has 6 nitrogen and oxygen atoms in total. The van der Waals surface area contributed by atoms with Gasteiger partial charge in [-0.2, -0.15) is 0 Å². The fraction of sp³-hybridized carbons (Fsp3) is 0.462. The van der Waals surface area contributed by atoms with Crippen LogP contribution in [0.2, 0.25) is 0 Å². The largest absolute Gasteiger partial charge is 0.382 e. The third-order valence-electron chi connectivity index (χ3n) is 3.18. The second kappa shape index (κ2) is 6.13. The maximum absolute atomic E-state index is 12.0. The molecule has 0 radical (unpaired) electrons. The van der Waals surface area contributed by atoms with E-state index in [1.807, 2.05) is 6.07 Å². The number of carbonyl (C=O) groups excluding carboxylic acids is 1. The number of carbonyl (C=O) groups is 1. The van der Waals surface area contributed by atoms with Gasteiger partial charge in [-0.15, -0.1) is 0 Å². The van der Waals surface area contributed by atoms with Crippen molar-refractivity contribution in [3.63, 3.8) is 0 Å². The molecule has 1 aliphatic rings. The van der Waals surface area contributed by atoms with E-state index in [1.165, 1.54) is 0 Å². The zero-order valence-corrected chi connectivity index (χ0v) is 12.2. The first-order chi connectivity index (χ1) is 9.52. The van der Waals surface area contributed by atoms with E-state index in [0.29, 0.717) is 5.56 Å². The minimum absolute atomic E-state index is 0.0278. The summed E-state index contributed by atoms with van der Waals surface area (Å²) in [6, 6.07) is 5.34. The standard InChI is InChI=1S/C13H19N3O3S/c1-2-20(18,19)8-7-16-13(17)10-3-4-11-12(9-10)15-6-5-14-11/h3-4,9,14-15H,2,5-8H2,1H3,(H,16,17). The Hall–Kier alpha value is -1.76. The van der Waals surface area contributed by atoms with Crippen LogP contribution < -0.4 is 16.0 Å². The van der Waals surface area contributed by atoms with E-state index < -0.39 is 9.84 Å². The lowest BCUT2D eigenvalue weighted by molar-refractivity contribution is 0.0956. The van der Waals surface area contributed by atoms with Gasteiger partial charge in [0, 0.05) is 31.0 Å². The molecule has 2 rings (SSSR count). The van der Waals surface area contributed by atoms with E-state index in [2.05, 4.69) is 16.0 Å². The number of sulfone groups is 1. The maximum atomic E-state index is 12.0. The predicted octanol–water partition coefficient (Wildman–Crippen LogP) is 0.689. The molecule has 0 aliphatic carbocycles. The maximum Gasteiger partial charge on any atom is 0.251 e. The van der Waals surface area contributed by atoms with Gasteiger partial charge in [0.1, 0.15) is 0 Å². The molecular formula is C13H19N3O3S. The predicted molar refractivity (Wildman–Crippen MR) is 80.1 cm³/mol. The summed E-state index contributed by atoms with van der Waals surface area (Å²) in [5, 5.41) is 9.06. The van der Waals surface area contributed by atoms with Crippen molar-refractivity contribution in [1.29, 1.82) is 0 Å². The van der Waals surface area contributed by atoms with Crippen LogP contribution in [0.3, 0.4) is 0 Å². The van der Waals surface area contributed by atoms with E-state index in [-0.39, 0.29) is 24.0 Å². The Bertz CT molecular complexity index is 599. The lowest BCUT2D eigenvalue weighted by Crippen LogP contribution is -2.30. The summed E-state index contributed by atoms with van der Waals surface area (Å²) in [5.74, 6) is -0.191. The van der Waals surface area contributed by atoms with Crippen molar-refractivity contribution in [2.75, 3.05) is 41.8 Å². The van der Waals surface area contributed by atoms with Gasteiger partial charge in [-0.25, -0.2) is 8.42 Å². The number of benzene rings is 1. The van der Waals surface area contributed by atoms with E-state index in [9.17, 15) is 13.2 Å². The van der Waals surface area contributed by atoms with Gasteiger partial charge in [0.05, 0.1) is 17.1 Å². The first-order valence-corrected chi connectivity index (χ1v) is 8.44. The third kappa shape index (κ3) is 3.63. The third-order valence-corrected chi connectivity index (χ3v) is 4.88.